The molecule has 2 rings (SSSR count). The van der Waals surface area contributed by atoms with Gasteiger partial charge < -0.3 is 4.52 Å². The number of rotatable bonds is 4. The molecule has 9 heteroatoms. The average molecular weight is 328 g/mol. The Bertz CT molecular complexity index is 766. The summed E-state index contributed by atoms with van der Waals surface area (Å²) in [6.45, 7) is 3.46. The molecule has 0 radical (unpaired) electrons. The summed E-state index contributed by atoms with van der Waals surface area (Å²) in [5.74, 6) is -1.00. The Morgan fingerprint density at radius 3 is 2.48 bits per heavy atom. The first-order valence-corrected chi connectivity index (χ1v) is 6.47. The summed E-state index contributed by atoms with van der Waals surface area (Å²) in [7, 11) is 0. The van der Waals surface area contributed by atoms with Gasteiger partial charge in [0.05, 0.1) is 21.7 Å². The smallest absolute Gasteiger partial charge is 0.364 e. The normalized spacial score (nSPS) is 11.7. The maximum atomic E-state index is 12.7. The highest BCUT2D eigenvalue weighted by atomic mass is 19.4. The van der Waals surface area contributed by atoms with Crippen molar-refractivity contribution in [3.05, 3.63) is 57.0 Å². The second kappa shape index (κ2) is 5.82. The number of carbonyl (C=O) groups is 1. The molecule has 0 bridgehead atoms. The second-order valence-corrected chi connectivity index (χ2v) is 5.08. The third kappa shape index (κ3) is 3.22. The molecular formula is C14H11F3N2O4. The van der Waals surface area contributed by atoms with E-state index < -0.39 is 33.7 Å². The molecule has 1 aromatic heterocycles. The number of carbonyl (C=O) groups excluding carboxylic acids is 1. The largest absolute Gasteiger partial charge is 0.416 e. The molecular weight excluding hydrogens is 317 g/mol. The van der Waals surface area contributed by atoms with Crippen LogP contribution >= 0.6 is 0 Å². The molecule has 0 saturated carbocycles. The van der Waals surface area contributed by atoms with Crippen molar-refractivity contribution in [1.29, 1.82) is 0 Å². The molecule has 122 valence electrons. The molecule has 0 N–H and O–H groups in total. The number of ketones is 1. The van der Waals surface area contributed by atoms with Gasteiger partial charge in [-0.3, -0.25) is 14.9 Å². The molecule has 1 heterocycles. The van der Waals surface area contributed by atoms with Crippen LogP contribution in [0.1, 0.15) is 46.9 Å². The molecule has 0 aliphatic rings. The molecule has 0 amide bonds. The van der Waals surface area contributed by atoms with Gasteiger partial charge >= 0.3 is 6.18 Å². The zero-order valence-corrected chi connectivity index (χ0v) is 12.0. The van der Waals surface area contributed by atoms with E-state index in [0.29, 0.717) is 12.1 Å². The van der Waals surface area contributed by atoms with Gasteiger partial charge in [-0.15, -0.1) is 0 Å². The first-order chi connectivity index (χ1) is 10.6. The van der Waals surface area contributed by atoms with E-state index in [2.05, 4.69) is 5.16 Å². The Kier molecular flexibility index (Phi) is 4.22. The van der Waals surface area contributed by atoms with Gasteiger partial charge in [-0.05, 0) is 18.1 Å². The standard InChI is InChI=1S/C14H11F3N2O4/c1-7(2)12-10(6-23-18-12)13(20)9-4-3-8(14(15,16)17)5-11(9)19(21)22/h3-7H,1-2H3. The average Bonchev–Trinajstić information content (AvgIpc) is 2.94. The van der Waals surface area contributed by atoms with Crippen LogP contribution in [0.15, 0.2) is 29.0 Å². The number of alkyl halides is 3. The molecule has 1 aromatic carbocycles. The van der Waals surface area contributed by atoms with Crippen LogP contribution in [0.5, 0.6) is 0 Å². The Morgan fingerprint density at radius 1 is 1.30 bits per heavy atom. The van der Waals surface area contributed by atoms with E-state index in [0.717, 1.165) is 12.3 Å². The van der Waals surface area contributed by atoms with Crippen LogP contribution in [-0.4, -0.2) is 15.9 Å². The third-order valence-corrected chi connectivity index (χ3v) is 3.16. The lowest BCUT2D eigenvalue weighted by atomic mass is 9.97. The first-order valence-electron chi connectivity index (χ1n) is 6.47. The van der Waals surface area contributed by atoms with E-state index in [1.165, 1.54) is 0 Å². The molecule has 0 fully saturated rings. The maximum absolute atomic E-state index is 12.7. The van der Waals surface area contributed by atoms with E-state index in [1.54, 1.807) is 13.8 Å². The fraction of sp³-hybridized carbons (Fsp3) is 0.286. The quantitative estimate of drug-likeness (QED) is 0.482. The number of halogens is 3. The van der Waals surface area contributed by atoms with Crippen molar-refractivity contribution in [1.82, 2.24) is 5.16 Å². The van der Waals surface area contributed by atoms with Crippen LogP contribution in [0.2, 0.25) is 0 Å². The number of hydrogen-bond donors (Lipinski definition) is 0. The van der Waals surface area contributed by atoms with Crippen molar-refractivity contribution >= 4 is 11.5 Å². The summed E-state index contributed by atoms with van der Waals surface area (Å²) < 4.78 is 42.7. The van der Waals surface area contributed by atoms with Gasteiger partial charge in [-0.2, -0.15) is 13.2 Å². The summed E-state index contributed by atoms with van der Waals surface area (Å²) in [6, 6.07) is 1.76. The molecule has 0 aliphatic heterocycles. The Hall–Kier alpha value is -2.71. The van der Waals surface area contributed by atoms with Crippen LogP contribution in [0.3, 0.4) is 0 Å². The summed E-state index contributed by atoms with van der Waals surface area (Å²) in [5.41, 5.74) is -2.30. The van der Waals surface area contributed by atoms with E-state index in [1.807, 2.05) is 0 Å². The molecule has 6 nitrogen and oxygen atoms in total. The van der Waals surface area contributed by atoms with Crippen molar-refractivity contribution in [2.24, 2.45) is 0 Å². The van der Waals surface area contributed by atoms with Gasteiger partial charge in [-0.1, -0.05) is 19.0 Å². The van der Waals surface area contributed by atoms with E-state index in [4.69, 9.17) is 4.52 Å². The molecule has 0 saturated heterocycles. The fourth-order valence-electron chi connectivity index (χ4n) is 2.03. The lowest BCUT2D eigenvalue weighted by Gasteiger charge is -2.08. The SMILES string of the molecule is CC(C)c1nocc1C(=O)c1ccc(C(F)(F)F)cc1[N+](=O)[O-]. The predicted molar refractivity (Wildman–Crippen MR) is 72.1 cm³/mol. The van der Waals surface area contributed by atoms with Crippen molar-refractivity contribution in [3.8, 4) is 0 Å². The summed E-state index contributed by atoms with van der Waals surface area (Å²) in [6.07, 6.45) is -3.72. The number of hydrogen-bond acceptors (Lipinski definition) is 5. The van der Waals surface area contributed by atoms with Crippen LogP contribution in [0, 0.1) is 10.1 Å². The Labute approximate surface area is 128 Å². The lowest BCUT2D eigenvalue weighted by molar-refractivity contribution is -0.385. The fourth-order valence-corrected chi connectivity index (χ4v) is 2.03. The van der Waals surface area contributed by atoms with Crippen LogP contribution < -0.4 is 0 Å². The van der Waals surface area contributed by atoms with Gasteiger partial charge in [0.1, 0.15) is 11.8 Å². The highest BCUT2D eigenvalue weighted by Crippen LogP contribution is 2.34. The zero-order chi connectivity index (χ0) is 17.4. The van der Waals surface area contributed by atoms with Crippen molar-refractivity contribution < 1.29 is 27.4 Å². The minimum atomic E-state index is -4.74. The summed E-state index contributed by atoms with van der Waals surface area (Å²) >= 11 is 0. The van der Waals surface area contributed by atoms with Crippen molar-refractivity contribution in [2.45, 2.75) is 25.9 Å². The summed E-state index contributed by atoms with van der Waals surface area (Å²) in [4.78, 5) is 22.5. The molecule has 23 heavy (non-hydrogen) atoms. The van der Waals surface area contributed by atoms with Crippen molar-refractivity contribution in [3.63, 3.8) is 0 Å². The van der Waals surface area contributed by atoms with Crippen LogP contribution in [0.4, 0.5) is 18.9 Å². The maximum Gasteiger partial charge on any atom is 0.416 e. The molecule has 0 unspecified atom stereocenters. The van der Waals surface area contributed by atoms with E-state index in [-0.39, 0.29) is 17.2 Å². The monoisotopic (exact) mass is 328 g/mol. The van der Waals surface area contributed by atoms with E-state index in [9.17, 15) is 28.1 Å². The van der Waals surface area contributed by atoms with Crippen LogP contribution in [0.25, 0.3) is 0 Å². The highest BCUT2D eigenvalue weighted by Gasteiger charge is 2.34. The third-order valence-electron chi connectivity index (χ3n) is 3.16. The minimum absolute atomic E-state index is 0.0112. The number of aromatic nitrogens is 1. The van der Waals surface area contributed by atoms with E-state index >= 15 is 0 Å². The van der Waals surface area contributed by atoms with Gasteiger partial charge in [0.25, 0.3) is 5.69 Å². The molecule has 0 atom stereocenters. The van der Waals surface area contributed by atoms with Gasteiger partial charge in [0.15, 0.2) is 0 Å². The van der Waals surface area contributed by atoms with Gasteiger partial charge in [-0.25, -0.2) is 0 Å². The number of benzene rings is 1. The molecule has 0 spiro atoms. The lowest BCUT2D eigenvalue weighted by Crippen LogP contribution is -2.11. The first kappa shape index (κ1) is 16.7. The summed E-state index contributed by atoms with van der Waals surface area (Å²) in [5, 5.41) is 14.7. The minimum Gasteiger partial charge on any atom is -0.364 e. The topological polar surface area (TPSA) is 86.2 Å². The zero-order valence-electron chi connectivity index (χ0n) is 12.0. The number of nitro groups is 1. The second-order valence-electron chi connectivity index (χ2n) is 5.08. The van der Waals surface area contributed by atoms with Gasteiger partial charge in [0.2, 0.25) is 5.78 Å². The van der Waals surface area contributed by atoms with Crippen molar-refractivity contribution in [2.75, 3.05) is 0 Å². The highest BCUT2D eigenvalue weighted by molar-refractivity contribution is 6.12. The predicted octanol–water partition coefficient (Wildman–Crippen LogP) is 3.96. The number of nitro benzene ring substituents is 1. The Morgan fingerprint density at radius 2 is 1.96 bits per heavy atom. The van der Waals surface area contributed by atoms with Gasteiger partial charge in [0, 0.05) is 6.07 Å². The van der Waals surface area contributed by atoms with Crippen LogP contribution in [-0.2, 0) is 6.18 Å². The molecule has 2 aromatic rings. The number of nitrogens with zero attached hydrogens (tertiary/aromatic N) is 2. The Balaban J connectivity index is 2.57. The molecule has 0 aliphatic carbocycles.